The van der Waals surface area contributed by atoms with Gasteiger partial charge in [0, 0.05) is 12.0 Å². The number of hydrogen-bond acceptors (Lipinski definition) is 1. The predicted molar refractivity (Wildman–Crippen MR) is 81.1 cm³/mol. The lowest BCUT2D eigenvalue weighted by Gasteiger charge is -2.33. The highest BCUT2D eigenvalue weighted by Crippen LogP contribution is 2.26. The maximum absolute atomic E-state index is 12.0. The molecule has 2 heteroatoms. The van der Waals surface area contributed by atoms with Crippen LogP contribution in [-0.4, -0.2) is 11.4 Å². The number of aryl methyl sites for hydroxylation is 1. The molecule has 0 heterocycles. The van der Waals surface area contributed by atoms with Gasteiger partial charge in [0.1, 0.15) is 0 Å². The van der Waals surface area contributed by atoms with Gasteiger partial charge >= 0.3 is 0 Å². The van der Waals surface area contributed by atoms with Crippen LogP contribution in [-0.2, 0) is 11.2 Å². The molecule has 0 saturated heterocycles. The summed E-state index contributed by atoms with van der Waals surface area (Å²) in [5, 5.41) is 3.14. The minimum absolute atomic E-state index is 0.137. The molecule has 0 bridgehead atoms. The smallest absolute Gasteiger partial charge is 0.220 e. The number of hydrogen-bond donors (Lipinski definition) is 1. The van der Waals surface area contributed by atoms with Crippen molar-refractivity contribution in [2.75, 3.05) is 0 Å². The molecule has 0 aliphatic rings. The number of amides is 1. The second kappa shape index (κ2) is 6.23. The molecule has 1 rings (SSSR count). The van der Waals surface area contributed by atoms with E-state index in [9.17, 15) is 4.79 Å². The van der Waals surface area contributed by atoms with E-state index in [0.29, 0.717) is 6.42 Å². The Hall–Kier alpha value is -1.31. The van der Waals surface area contributed by atoms with Crippen LogP contribution in [0.25, 0.3) is 0 Å². The zero-order valence-corrected chi connectivity index (χ0v) is 12.9. The third kappa shape index (κ3) is 7.00. The number of carbonyl (C=O) groups excluding carboxylic acids is 1. The van der Waals surface area contributed by atoms with Crippen LogP contribution in [0.1, 0.15) is 53.0 Å². The first kappa shape index (κ1) is 15.7. The molecular weight excluding hydrogens is 234 g/mol. The summed E-state index contributed by atoms with van der Waals surface area (Å²) in [6, 6.07) is 10.1. The lowest BCUT2D eigenvalue weighted by atomic mass is 9.81. The van der Waals surface area contributed by atoms with Crippen LogP contribution in [0.2, 0.25) is 0 Å². The second-order valence-corrected chi connectivity index (χ2v) is 7.16. The highest BCUT2D eigenvalue weighted by Gasteiger charge is 2.26. The molecule has 0 fully saturated rings. The summed E-state index contributed by atoms with van der Waals surface area (Å²) in [5.41, 5.74) is 1.29. The van der Waals surface area contributed by atoms with Crippen molar-refractivity contribution in [1.82, 2.24) is 5.32 Å². The summed E-state index contributed by atoms with van der Waals surface area (Å²) < 4.78 is 0. The van der Waals surface area contributed by atoms with Crippen molar-refractivity contribution in [2.45, 2.75) is 59.4 Å². The Kier molecular flexibility index (Phi) is 5.16. The summed E-state index contributed by atoms with van der Waals surface area (Å²) in [4.78, 5) is 12.0. The fourth-order valence-corrected chi connectivity index (χ4v) is 2.71. The molecule has 106 valence electrons. The first-order chi connectivity index (χ1) is 8.68. The Morgan fingerprint density at radius 1 is 1.05 bits per heavy atom. The molecule has 1 aromatic rings. The zero-order chi connectivity index (χ0) is 14.5. The zero-order valence-electron chi connectivity index (χ0n) is 12.9. The van der Waals surface area contributed by atoms with Crippen molar-refractivity contribution < 1.29 is 4.79 Å². The minimum atomic E-state index is -0.147. The molecule has 0 atom stereocenters. The average molecular weight is 261 g/mol. The molecule has 0 unspecified atom stereocenters. The molecule has 0 aromatic heterocycles. The standard InChI is InChI=1S/C17H27NO/c1-16(2,3)13-17(4,5)18-15(19)12-11-14-9-7-6-8-10-14/h6-10H,11-13H2,1-5H3,(H,18,19). The Labute approximate surface area is 117 Å². The van der Waals surface area contributed by atoms with E-state index in [4.69, 9.17) is 0 Å². The van der Waals surface area contributed by atoms with Gasteiger partial charge in [-0.15, -0.1) is 0 Å². The van der Waals surface area contributed by atoms with Crippen molar-refractivity contribution in [3.8, 4) is 0 Å². The van der Waals surface area contributed by atoms with Crippen LogP contribution < -0.4 is 5.32 Å². The van der Waals surface area contributed by atoms with Crippen LogP contribution in [0.4, 0.5) is 0 Å². The van der Waals surface area contributed by atoms with Crippen molar-refractivity contribution in [3.05, 3.63) is 35.9 Å². The van der Waals surface area contributed by atoms with Gasteiger partial charge < -0.3 is 5.32 Å². The molecule has 0 spiro atoms. The third-order valence-corrected chi connectivity index (χ3v) is 2.93. The number of rotatable bonds is 5. The van der Waals surface area contributed by atoms with Crippen LogP contribution in [0.3, 0.4) is 0 Å². The SMILES string of the molecule is CC(C)(C)CC(C)(C)NC(=O)CCc1ccccc1. The van der Waals surface area contributed by atoms with Gasteiger partial charge in [0.25, 0.3) is 0 Å². The summed E-state index contributed by atoms with van der Waals surface area (Å²) in [6.45, 7) is 10.8. The Bertz CT molecular complexity index is 401. The molecule has 0 aliphatic carbocycles. The van der Waals surface area contributed by atoms with E-state index in [0.717, 1.165) is 12.8 Å². The quantitative estimate of drug-likeness (QED) is 0.854. The monoisotopic (exact) mass is 261 g/mol. The molecule has 19 heavy (non-hydrogen) atoms. The van der Waals surface area contributed by atoms with E-state index >= 15 is 0 Å². The molecule has 0 radical (unpaired) electrons. The topological polar surface area (TPSA) is 29.1 Å². The molecule has 2 nitrogen and oxygen atoms in total. The maximum atomic E-state index is 12.0. The highest BCUT2D eigenvalue weighted by molar-refractivity contribution is 5.76. The van der Waals surface area contributed by atoms with Gasteiger partial charge in [0.2, 0.25) is 5.91 Å². The van der Waals surface area contributed by atoms with Gasteiger partial charge in [-0.25, -0.2) is 0 Å². The van der Waals surface area contributed by atoms with Crippen molar-refractivity contribution >= 4 is 5.91 Å². The molecule has 0 saturated carbocycles. The highest BCUT2D eigenvalue weighted by atomic mass is 16.1. The molecule has 0 aliphatic heterocycles. The maximum Gasteiger partial charge on any atom is 0.220 e. The first-order valence-corrected chi connectivity index (χ1v) is 7.03. The summed E-state index contributed by atoms with van der Waals surface area (Å²) >= 11 is 0. The van der Waals surface area contributed by atoms with Crippen LogP contribution in [0.15, 0.2) is 30.3 Å². The molecule has 1 N–H and O–H groups in total. The van der Waals surface area contributed by atoms with Crippen molar-refractivity contribution in [3.63, 3.8) is 0 Å². The number of benzene rings is 1. The fourth-order valence-electron chi connectivity index (χ4n) is 2.71. The fraction of sp³-hybridized carbons (Fsp3) is 0.588. The Morgan fingerprint density at radius 3 is 2.16 bits per heavy atom. The first-order valence-electron chi connectivity index (χ1n) is 7.03. The molecule has 1 amide bonds. The van der Waals surface area contributed by atoms with E-state index < -0.39 is 0 Å². The minimum Gasteiger partial charge on any atom is -0.351 e. The van der Waals surface area contributed by atoms with Gasteiger partial charge in [0.05, 0.1) is 0 Å². The third-order valence-electron chi connectivity index (χ3n) is 2.93. The van der Waals surface area contributed by atoms with E-state index in [-0.39, 0.29) is 16.9 Å². The largest absolute Gasteiger partial charge is 0.351 e. The van der Waals surface area contributed by atoms with Crippen LogP contribution in [0.5, 0.6) is 0 Å². The van der Waals surface area contributed by atoms with Gasteiger partial charge in [-0.05, 0) is 37.7 Å². The van der Waals surface area contributed by atoms with Crippen LogP contribution >= 0.6 is 0 Å². The summed E-state index contributed by atoms with van der Waals surface area (Å²) in [7, 11) is 0. The normalized spacial score (nSPS) is 12.3. The lowest BCUT2D eigenvalue weighted by molar-refractivity contribution is -0.122. The molecular formula is C17H27NO. The lowest BCUT2D eigenvalue weighted by Crippen LogP contribution is -2.45. The van der Waals surface area contributed by atoms with E-state index in [1.165, 1.54) is 5.56 Å². The second-order valence-electron chi connectivity index (χ2n) is 7.16. The van der Waals surface area contributed by atoms with Gasteiger partial charge in [0.15, 0.2) is 0 Å². The Balaban J connectivity index is 2.43. The summed E-state index contributed by atoms with van der Waals surface area (Å²) in [5.74, 6) is 0.137. The average Bonchev–Trinajstić information content (AvgIpc) is 2.23. The van der Waals surface area contributed by atoms with Crippen molar-refractivity contribution in [2.24, 2.45) is 5.41 Å². The van der Waals surface area contributed by atoms with Gasteiger partial charge in [-0.2, -0.15) is 0 Å². The predicted octanol–water partition coefficient (Wildman–Crippen LogP) is 3.95. The van der Waals surface area contributed by atoms with E-state index in [1.54, 1.807) is 0 Å². The number of carbonyl (C=O) groups is 1. The summed E-state index contributed by atoms with van der Waals surface area (Å²) in [6.07, 6.45) is 2.33. The van der Waals surface area contributed by atoms with E-state index in [1.807, 2.05) is 18.2 Å². The molecule has 1 aromatic carbocycles. The van der Waals surface area contributed by atoms with Gasteiger partial charge in [-0.1, -0.05) is 51.1 Å². The van der Waals surface area contributed by atoms with Crippen molar-refractivity contribution in [1.29, 1.82) is 0 Å². The van der Waals surface area contributed by atoms with Crippen LogP contribution in [0, 0.1) is 5.41 Å². The Morgan fingerprint density at radius 2 is 1.63 bits per heavy atom. The number of nitrogens with one attached hydrogen (secondary N) is 1. The van der Waals surface area contributed by atoms with E-state index in [2.05, 4.69) is 52.1 Å². The van der Waals surface area contributed by atoms with Gasteiger partial charge in [-0.3, -0.25) is 4.79 Å².